The van der Waals surface area contributed by atoms with E-state index in [9.17, 15) is 14.4 Å². The normalized spacial score (nSPS) is 17.0. The summed E-state index contributed by atoms with van der Waals surface area (Å²) in [6.07, 6.45) is 2.76. The highest BCUT2D eigenvalue weighted by Crippen LogP contribution is 2.40. The molecular formula is C26H32N4O4. The van der Waals surface area contributed by atoms with Gasteiger partial charge in [-0.05, 0) is 50.5 Å². The first kappa shape index (κ1) is 23.6. The van der Waals surface area contributed by atoms with Gasteiger partial charge in [0.25, 0.3) is 5.91 Å². The predicted octanol–water partition coefficient (Wildman–Crippen LogP) is 2.81. The zero-order valence-electron chi connectivity index (χ0n) is 20.0. The van der Waals surface area contributed by atoms with Crippen LogP contribution in [0.4, 0.5) is 11.4 Å². The number of ether oxygens (including phenoxy) is 1. The molecule has 0 unspecified atom stereocenters. The zero-order chi connectivity index (χ0) is 24.2. The summed E-state index contributed by atoms with van der Waals surface area (Å²) in [5.41, 5.74) is 2.87. The molecule has 1 saturated heterocycles. The smallest absolute Gasteiger partial charge is 0.253 e. The van der Waals surface area contributed by atoms with Crippen molar-refractivity contribution < 1.29 is 19.1 Å². The molecule has 2 aliphatic heterocycles. The second-order valence-corrected chi connectivity index (χ2v) is 8.85. The molecule has 0 saturated carbocycles. The van der Waals surface area contributed by atoms with Gasteiger partial charge in [-0.1, -0.05) is 18.2 Å². The molecule has 1 fully saturated rings. The van der Waals surface area contributed by atoms with Crippen LogP contribution in [0.15, 0.2) is 42.5 Å². The van der Waals surface area contributed by atoms with Gasteiger partial charge in [-0.25, -0.2) is 0 Å². The minimum Gasteiger partial charge on any atom is -0.494 e. The Labute approximate surface area is 200 Å². The van der Waals surface area contributed by atoms with Gasteiger partial charge in [0.15, 0.2) is 0 Å². The average Bonchev–Trinajstić information content (AvgIpc) is 2.85. The second kappa shape index (κ2) is 10.2. The van der Waals surface area contributed by atoms with Crippen LogP contribution in [0.1, 0.15) is 42.1 Å². The monoisotopic (exact) mass is 464 g/mol. The Morgan fingerprint density at radius 2 is 1.91 bits per heavy atom. The maximum Gasteiger partial charge on any atom is 0.253 e. The first-order chi connectivity index (χ1) is 16.4. The van der Waals surface area contributed by atoms with Crippen molar-refractivity contribution in [3.8, 4) is 5.75 Å². The topological polar surface area (TPSA) is 82.2 Å². The third-order valence-electron chi connectivity index (χ3n) is 6.33. The van der Waals surface area contributed by atoms with Crippen LogP contribution in [-0.4, -0.2) is 62.5 Å². The molecule has 0 aromatic heterocycles. The minimum absolute atomic E-state index is 0.0912. The Balaban J connectivity index is 1.58. The lowest BCUT2D eigenvalue weighted by atomic mass is 9.95. The Bertz CT molecular complexity index is 1080. The Morgan fingerprint density at radius 3 is 2.68 bits per heavy atom. The molecule has 0 aliphatic carbocycles. The fraction of sp³-hybridized carbons (Fsp3) is 0.423. The van der Waals surface area contributed by atoms with Gasteiger partial charge < -0.3 is 19.9 Å². The van der Waals surface area contributed by atoms with Crippen molar-refractivity contribution in [2.75, 3.05) is 43.6 Å². The molecule has 34 heavy (non-hydrogen) atoms. The van der Waals surface area contributed by atoms with E-state index < -0.39 is 0 Å². The number of anilines is 2. The summed E-state index contributed by atoms with van der Waals surface area (Å²) >= 11 is 0. The third kappa shape index (κ3) is 4.71. The summed E-state index contributed by atoms with van der Waals surface area (Å²) in [6, 6.07) is 12.7. The van der Waals surface area contributed by atoms with Crippen LogP contribution in [0.2, 0.25) is 0 Å². The van der Waals surface area contributed by atoms with Crippen LogP contribution >= 0.6 is 0 Å². The van der Waals surface area contributed by atoms with Crippen molar-refractivity contribution in [2.45, 2.75) is 38.8 Å². The van der Waals surface area contributed by atoms with Crippen LogP contribution in [0.25, 0.3) is 0 Å². The van der Waals surface area contributed by atoms with Gasteiger partial charge in [0.2, 0.25) is 11.8 Å². The molecule has 4 rings (SSSR count). The second-order valence-electron chi connectivity index (χ2n) is 8.85. The number of carbonyl (C=O) groups excluding carboxylic acids is 3. The van der Waals surface area contributed by atoms with E-state index in [0.717, 1.165) is 42.8 Å². The number of piperidine rings is 1. The summed E-state index contributed by atoms with van der Waals surface area (Å²) < 4.78 is 5.64. The largest absolute Gasteiger partial charge is 0.494 e. The number of benzene rings is 2. The number of rotatable bonds is 7. The Kier molecular flexibility index (Phi) is 7.05. The van der Waals surface area contributed by atoms with E-state index in [2.05, 4.69) is 10.2 Å². The fourth-order valence-electron chi connectivity index (χ4n) is 4.65. The number of amides is 3. The van der Waals surface area contributed by atoms with Crippen LogP contribution < -0.4 is 19.9 Å². The molecule has 0 radical (unpaired) electrons. The van der Waals surface area contributed by atoms with E-state index in [1.54, 1.807) is 26.2 Å². The van der Waals surface area contributed by atoms with Crippen LogP contribution in [0.3, 0.4) is 0 Å². The van der Waals surface area contributed by atoms with E-state index >= 15 is 0 Å². The van der Waals surface area contributed by atoms with E-state index in [1.807, 2.05) is 37.3 Å². The van der Waals surface area contributed by atoms with E-state index in [-0.39, 0.29) is 30.3 Å². The minimum atomic E-state index is -0.275. The molecule has 3 amide bonds. The molecule has 1 N–H and O–H groups in total. The standard InChI is InChI=1S/C26H32N4O4/c1-4-34-23-11-6-5-9-19(23)16-27-24(31)17-30-22-15-18(25(32)28(2)3)12-13-20(22)29-14-8-7-10-21(29)26(30)33/h5-6,9,11-13,15,21H,4,7-8,10,14,16-17H2,1-3H3,(H,27,31)/t21-/m0/s1. The van der Waals surface area contributed by atoms with Gasteiger partial charge in [0.05, 0.1) is 18.0 Å². The summed E-state index contributed by atoms with van der Waals surface area (Å²) in [7, 11) is 3.39. The number of fused-ring (bicyclic) bond motifs is 3. The molecule has 8 nitrogen and oxygen atoms in total. The number of carbonyl (C=O) groups is 3. The van der Waals surface area contributed by atoms with Crippen molar-refractivity contribution in [3.63, 3.8) is 0 Å². The van der Waals surface area contributed by atoms with Crippen molar-refractivity contribution in [1.29, 1.82) is 0 Å². The van der Waals surface area contributed by atoms with Gasteiger partial charge in [0.1, 0.15) is 18.3 Å². The van der Waals surface area contributed by atoms with Gasteiger partial charge in [-0.3, -0.25) is 19.3 Å². The number of para-hydroxylation sites is 1. The molecule has 0 bridgehead atoms. The molecular weight excluding hydrogens is 432 g/mol. The first-order valence-electron chi connectivity index (χ1n) is 11.8. The molecule has 180 valence electrons. The van der Waals surface area contributed by atoms with Crippen molar-refractivity contribution >= 4 is 29.1 Å². The number of hydrogen-bond acceptors (Lipinski definition) is 5. The lowest BCUT2D eigenvalue weighted by Crippen LogP contribution is -2.57. The highest BCUT2D eigenvalue weighted by Gasteiger charge is 2.40. The molecule has 2 heterocycles. The fourth-order valence-corrected chi connectivity index (χ4v) is 4.65. The van der Waals surface area contributed by atoms with Crippen molar-refractivity contribution in [1.82, 2.24) is 10.2 Å². The maximum absolute atomic E-state index is 13.5. The average molecular weight is 465 g/mol. The molecule has 2 aromatic carbocycles. The summed E-state index contributed by atoms with van der Waals surface area (Å²) in [5, 5.41) is 2.92. The molecule has 2 aliphatic rings. The van der Waals surface area contributed by atoms with E-state index in [0.29, 0.717) is 24.4 Å². The Hall–Kier alpha value is -3.55. The lowest BCUT2D eigenvalue weighted by molar-refractivity contribution is -0.125. The van der Waals surface area contributed by atoms with Crippen LogP contribution in [-0.2, 0) is 16.1 Å². The summed E-state index contributed by atoms with van der Waals surface area (Å²) in [6.45, 7) is 3.44. The number of hydrogen-bond donors (Lipinski definition) is 1. The van der Waals surface area contributed by atoms with Crippen molar-refractivity contribution in [2.24, 2.45) is 0 Å². The van der Waals surface area contributed by atoms with Crippen LogP contribution in [0.5, 0.6) is 5.75 Å². The van der Waals surface area contributed by atoms with Gasteiger partial charge in [0, 0.05) is 38.3 Å². The summed E-state index contributed by atoms with van der Waals surface area (Å²) in [4.78, 5) is 44.2. The molecule has 8 heteroatoms. The number of nitrogens with one attached hydrogen (secondary N) is 1. The first-order valence-corrected chi connectivity index (χ1v) is 11.8. The van der Waals surface area contributed by atoms with Gasteiger partial charge in [-0.2, -0.15) is 0 Å². The molecule has 0 spiro atoms. The maximum atomic E-state index is 13.5. The highest BCUT2D eigenvalue weighted by atomic mass is 16.5. The Morgan fingerprint density at radius 1 is 1.12 bits per heavy atom. The molecule has 2 aromatic rings. The predicted molar refractivity (Wildman–Crippen MR) is 131 cm³/mol. The molecule has 1 atom stereocenters. The van der Waals surface area contributed by atoms with Crippen molar-refractivity contribution in [3.05, 3.63) is 53.6 Å². The van der Waals surface area contributed by atoms with Gasteiger partial charge in [-0.15, -0.1) is 0 Å². The summed E-state index contributed by atoms with van der Waals surface area (Å²) in [5.74, 6) is 0.230. The lowest BCUT2D eigenvalue weighted by Gasteiger charge is -2.45. The van der Waals surface area contributed by atoms with Crippen LogP contribution in [0, 0.1) is 0 Å². The zero-order valence-corrected chi connectivity index (χ0v) is 20.0. The highest BCUT2D eigenvalue weighted by molar-refractivity contribution is 6.09. The third-order valence-corrected chi connectivity index (χ3v) is 6.33. The van der Waals surface area contributed by atoms with Gasteiger partial charge >= 0.3 is 0 Å². The number of nitrogens with zero attached hydrogens (tertiary/aromatic N) is 3. The quantitative estimate of drug-likeness (QED) is 0.682. The van der Waals surface area contributed by atoms with E-state index in [1.165, 1.54) is 9.80 Å². The SMILES string of the molecule is CCOc1ccccc1CNC(=O)CN1C(=O)[C@@H]2CCCCN2c2ccc(C(=O)N(C)C)cc21. The van der Waals surface area contributed by atoms with E-state index in [4.69, 9.17) is 4.74 Å².